The molecule has 0 bridgehead atoms. The van der Waals surface area contributed by atoms with Gasteiger partial charge in [-0.1, -0.05) is 23.2 Å². The highest BCUT2D eigenvalue weighted by Gasteiger charge is 2.31. The SMILES string of the molecule is CC(C)O[C@@H](c1ccc(Cl)cn1)[C@H](C)S(N)(=O)=O.CC(C)O[C@H](c1ccc(Cl)cn1)[C@@H](C)S(N)(=O)=O. The van der Waals surface area contributed by atoms with Gasteiger partial charge >= 0.3 is 0 Å². The largest absolute Gasteiger partial charge is 0.368 e. The van der Waals surface area contributed by atoms with Crippen LogP contribution in [0.15, 0.2) is 36.7 Å². The zero-order valence-electron chi connectivity index (χ0n) is 21.0. The topological polar surface area (TPSA) is 165 Å². The van der Waals surface area contributed by atoms with Gasteiger partial charge in [-0.05, 0) is 65.8 Å². The van der Waals surface area contributed by atoms with E-state index >= 15 is 0 Å². The average Bonchev–Trinajstić information content (AvgIpc) is 2.75. The molecule has 0 amide bonds. The number of primary sulfonamides is 2. The Balaban J connectivity index is 0.000000360. The number of sulfonamides is 2. The van der Waals surface area contributed by atoms with Gasteiger partial charge in [0.1, 0.15) is 22.7 Å². The number of nitrogens with zero attached hydrogens (tertiary/aromatic N) is 2. The van der Waals surface area contributed by atoms with Gasteiger partial charge in [-0.15, -0.1) is 0 Å². The van der Waals surface area contributed by atoms with Crippen LogP contribution in [0.1, 0.15) is 65.1 Å². The van der Waals surface area contributed by atoms with E-state index in [4.69, 9.17) is 43.0 Å². The molecule has 0 aliphatic rings. The van der Waals surface area contributed by atoms with E-state index in [9.17, 15) is 16.8 Å². The third-order valence-corrected chi connectivity index (χ3v) is 7.82. The van der Waals surface area contributed by atoms with Crippen molar-refractivity contribution in [3.8, 4) is 0 Å². The zero-order chi connectivity index (χ0) is 27.8. The molecule has 0 saturated carbocycles. The maximum atomic E-state index is 11.4. The average molecular weight is 586 g/mol. The van der Waals surface area contributed by atoms with Crippen molar-refractivity contribution in [2.75, 3.05) is 0 Å². The molecule has 2 rings (SSSR count). The highest BCUT2D eigenvalue weighted by molar-refractivity contribution is 7.90. The summed E-state index contributed by atoms with van der Waals surface area (Å²) < 4.78 is 57.0. The molecule has 0 fully saturated rings. The summed E-state index contributed by atoms with van der Waals surface area (Å²) >= 11 is 11.5. The summed E-state index contributed by atoms with van der Waals surface area (Å²) in [6.07, 6.45) is 1.19. The number of pyridine rings is 2. The van der Waals surface area contributed by atoms with Gasteiger partial charge in [0, 0.05) is 12.4 Å². The fraction of sp³-hybridized carbons (Fsp3) is 0.545. The van der Waals surface area contributed by atoms with Gasteiger partial charge in [0.05, 0.1) is 33.6 Å². The molecule has 0 unspecified atom stereocenters. The highest BCUT2D eigenvalue weighted by atomic mass is 35.5. The van der Waals surface area contributed by atoms with Crippen molar-refractivity contribution in [3.05, 3.63) is 58.1 Å². The molecule has 0 aliphatic heterocycles. The number of hydrogen-bond donors (Lipinski definition) is 2. The minimum absolute atomic E-state index is 0.142. The molecule has 10 nitrogen and oxygen atoms in total. The number of nitrogens with two attached hydrogens (primary N) is 2. The molecule has 2 aromatic rings. The molecule has 4 N–H and O–H groups in total. The molecule has 0 saturated heterocycles. The second-order valence-electron chi connectivity index (χ2n) is 8.60. The van der Waals surface area contributed by atoms with Crippen molar-refractivity contribution in [3.63, 3.8) is 0 Å². The maximum Gasteiger partial charge on any atom is 0.214 e. The second-order valence-corrected chi connectivity index (χ2v) is 13.3. The van der Waals surface area contributed by atoms with Crippen LogP contribution in [-0.2, 0) is 29.5 Å². The summed E-state index contributed by atoms with van der Waals surface area (Å²) in [6, 6.07) is 6.54. The Morgan fingerprint density at radius 2 is 0.972 bits per heavy atom. The summed E-state index contributed by atoms with van der Waals surface area (Å²) in [5.41, 5.74) is 0.990. The first-order chi connectivity index (χ1) is 16.4. The Hall–Kier alpha value is -1.38. The van der Waals surface area contributed by atoms with Gasteiger partial charge in [0.25, 0.3) is 0 Å². The molecule has 4 atom stereocenters. The minimum Gasteiger partial charge on any atom is -0.368 e. The van der Waals surface area contributed by atoms with Crippen molar-refractivity contribution in [1.82, 2.24) is 9.97 Å². The molecule has 36 heavy (non-hydrogen) atoms. The first-order valence-corrected chi connectivity index (χ1v) is 15.0. The molecular formula is C22H34Cl2N4O6S2. The van der Waals surface area contributed by atoms with Crippen molar-refractivity contribution in [1.29, 1.82) is 0 Å². The first-order valence-electron chi connectivity index (χ1n) is 11.0. The number of ether oxygens (including phenoxy) is 2. The van der Waals surface area contributed by atoms with Gasteiger partial charge < -0.3 is 9.47 Å². The lowest BCUT2D eigenvalue weighted by Gasteiger charge is -2.24. The Labute approximate surface area is 223 Å². The Kier molecular flexibility index (Phi) is 12.7. The van der Waals surface area contributed by atoms with Crippen LogP contribution in [-0.4, -0.2) is 49.5 Å². The second kappa shape index (κ2) is 14.0. The summed E-state index contributed by atoms with van der Waals surface area (Å²) in [6.45, 7) is 10.3. The van der Waals surface area contributed by atoms with E-state index in [2.05, 4.69) is 9.97 Å². The van der Waals surface area contributed by atoms with E-state index in [0.717, 1.165) is 0 Å². The quantitative estimate of drug-likeness (QED) is 0.426. The van der Waals surface area contributed by atoms with Crippen LogP contribution >= 0.6 is 23.2 Å². The molecule has 0 aromatic carbocycles. The lowest BCUT2D eigenvalue weighted by Crippen LogP contribution is -2.34. The lowest BCUT2D eigenvalue weighted by molar-refractivity contribution is 0.00386. The van der Waals surface area contributed by atoms with E-state index in [1.54, 1.807) is 24.3 Å². The highest BCUT2D eigenvalue weighted by Crippen LogP contribution is 2.27. The number of hydrogen-bond acceptors (Lipinski definition) is 8. The van der Waals surface area contributed by atoms with Crippen LogP contribution in [0.4, 0.5) is 0 Å². The van der Waals surface area contributed by atoms with E-state index < -0.39 is 42.8 Å². The van der Waals surface area contributed by atoms with Crippen LogP contribution in [0.3, 0.4) is 0 Å². The van der Waals surface area contributed by atoms with Crippen LogP contribution in [0.5, 0.6) is 0 Å². The third kappa shape index (κ3) is 10.9. The maximum absolute atomic E-state index is 11.4. The monoisotopic (exact) mass is 584 g/mol. The van der Waals surface area contributed by atoms with Crippen LogP contribution in [0.2, 0.25) is 10.0 Å². The number of aromatic nitrogens is 2. The standard InChI is InChI=1S/2C11H17ClN2O3S/c2*1-7(2)17-11(8(3)18(13,15)16)10-5-4-9(12)6-14-10/h2*4-8,11H,1-3H3,(H2,13,15,16)/t2*8-,11+/m10/s1. The predicted molar refractivity (Wildman–Crippen MR) is 142 cm³/mol. The Morgan fingerprint density at radius 1 is 0.667 bits per heavy atom. The van der Waals surface area contributed by atoms with E-state index in [0.29, 0.717) is 21.4 Å². The molecule has 204 valence electrons. The fourth-order valence-electron chi connectivity index (χ4n) is 2.88. The van der Waals surface area contributed by atoms with Crippen molar-refractivity contribution >= 4 is 43.2 Å². The number of rotatable bonds is 10. The van der Waals surface area contributed by atoms with Crippen molar-refractivity contribution < 1.29 is 26.3 Å². The fourth-order valence-corrected chi connectivity index (χ4v) is 4.20. The van der Waals surface area contributed by atoms with E-state index in [1.807, 2.05) is 27.7 Å². The first kappa shape index (κ1) is 32.6. The summed E-state index contributed by atoms with van der Waals surface area (Å²) in [5.74, 6) is 0. The van der Waals surface area contributed by atoms with Gasteiger partial charge in [0.2, 0.25) is 20.0 Å². The Morgan fingerprint density at radius 3 is 1.17 bits per heavy atom. The van der Waals surface area contributed by atoms with Crippen molar-refractivity contribution in [2.24, 2.45) is 10.3 Å². The zero-order valence-corrected chi connectivity index (χ0v) is 24.1. The molecular weight excluding hydrogens is 551 g/mol. The summed E-state index contributed by atoms with van der Waals surface area (Å²) in [5, 5.41) is 9.51. The van der Waals surface area contributed by atoms with Crippen LogP contribution in [0.25, 0.3) is 0 Å². The lowest BCUT2D eigenvalue weighted by atomic mass is 10.1. The minimum atomic E-state index is -3.70. The van der Waals surface area contributed by atoms with Crippen molar-refractivity contribution in [2.45, 2.75) is 76.5 Å². The number of halogens is 2. The summed E-state index contributed by atoms with van der Waals surface area (Å²) in [4.78, 5) is 8.18. The normalized spacial score (nSPS) is 15.7. The van der Waals surface area contributed by atoms with Crippen LogP contribution in [0, 0.1) is 0 Å². The van der Waals surface area contributed by atoms with E-state index in [-0.39, 0.29) is 12.2 Å². The van der Waals surface area contributed by atoms with Gasteiger partial charge in [0.15, 0.2) is 0 Å². The molecule has 0 aliphatic carbocycles. The summed E-state index contributed by atoms with van der Waals surface area (Å²) in [7, 11) is -7.41. The van der Waals surface area contributed by atoms with Gasteiger partial charge in [-0.25, -0.2) is 27.1 Å². The smallest absolute Gasteiger partial charge is 0.214 e. The third-order valence-electron chi connectivity index (χ3n) is 4.81. The molecule has 0 spiro atoms. The van der Waals surface area contributed by atoms with Gasteiger partial charge in [-0.2, -0.15) is 0 Å². The van der Waals surface area contributed by atoms with Gasteiger partial charge in [-0.3, -0.25) is 9.97 Å². The molecule has 14 heteroatoms. The van der Waals surface area contributed by atoms with E-state index in [1.165, 1.54) is 26.2 Å². The van der Waals surface area contributed by atoms with Crippen LogP contribution < -0.4 is 10.3 Å². The molecule has 0 radical (unpaired) electrons. The predicted octanol–water partition coefficient (Wildman–Crippen LogP) is 3.76. The molecule has 2 heterocycles. The Bertz CT molecular complexity index is 1070. The molecule has 2 aromatic heterocycles.